The van der Waals surface area contributed by atoms with E-state index in [4.69, 9.17) is 16.1 Å². The molecule has 4 heteroatoms. The molecular formula is C22H22ClO2P. The summed E-state index contributed by atoms with van der Waals surface area (Å²) >= 11 is 6.35. The van der Waals surface area contributed by atoms with Gasteiger partial charge in [0.1, 0.15) is 0 Å². The Morgan fingerprint density at radius 3 is 1.38 bits per heavy atom. The molecule has 0 aliphatic carbocycles. The van der Waals surface area contributed by atoms with Gasteiger partial charge in [0.25, 0.3) is 0 Å². The Morgan fingerprint density at radius 1 is 0.769 bits per heavy atom. The molecule has 3 rings (SSSR count). The fourth-order valence-corrected chi connectivity index (χ4v) is 10.1. The van der Waals surface area contributed by atoms with Crippen LogP contribution >= 0.6 is 18.4 Å². The molecule has 0 N–H and O–H groups in total. The Bertz CT molecular complexity index is 767. The molecule has 0 saturated carbocycles. The van der Waals surface area contributed by atoms with E-state index < -0.39 is 6.83 Å². The Labute approximate surface area is 159 Å². The first kappa shape index (κ1) is 18.6. The first-order chi connectivity index (χ1) is 12.6. The van der Waals surface area contributed by atoms with Crippen molar-refractivity contribution in [1.29, 1.82) is 0 Å². The monoisotopic (exact) mass is 384 g/mol. The van der Waals surface area contributed by atoms with Gasteiger partial charge in [0.15, 0.2) is 0 Å². The molecule has 0 aromatic heterocycles. The summed E-state index contributed by atoms with van der Waals surface area (Å²) in [6.07, 6.45) is 0.546. The van der Waals surface area contributed by atoms with Crippen molar-refractivity contribution in [3.63, 3.8) is 0 Å². The summed E-state index contributed by atoms with van der Waals surface area (Å²) in [5.74, 6) is 0.0772. The van der Waals surface area contributed by atoms with Crippen LogP contribution in [0.5, 0.6) is 0 Å². The molecular weight excluding hydrogens is 363 g/mol. The third kappa shape index (κ3) is 2.94. The molecule has 3 aromatic rings. The number of alkyl halides is 1. The van der Waals surface area contributed by atoms with E-state index in [1.807, 2.05) is 91.0 Å². The van der Waals surface area contributed by atoms with Gasteiger partial charge in [-0.15, -0.1) is 0 Å². The van der Waals surface area contributed by atoms with Crippen molar-refractivity contribution in [2.45, 2.75) is 6.92 Å². The van der Waals surface area contributed by atoms with E-state index in [1.54, 1.807) is 0 Å². The van der Waals surface area contributed by atoms with Gasteiger partial charge >= 0.3 is 160 Å². The maximum atomic E-state index is 12.4. The standard InChI is InChI=1S/C22H22ClO2P/c1-19(24)25-26(18-17-23,20-11-5-2-6-12-20,21-13-7-3-8-14-21)22-15-9-4-10-16-22/h2-16H,17-18H2,1H3. The number of carbonyl (C=O) groups is 1. The number of hydrogen-bond acceptors (Lipinski definition) is 2. The van der Waals surface area contributed by atoms with Gasteiger partial charge < -0.3 is 0 Å². The second-order valence-electron chi connectivity index (χ2n) is 6.21. The number of carbonyl (C=O) groups excluding carboxylic acids is 1. The molecule has 0 radical (unpaired) electrons. The van der Waals surface area contributed by atoms with E-state index in [9.17, 15) is 4.79 Å². The summed E-state index contributed by atoms with van der Waals surface area (Å²) in [5.41, 5.74) is 0. The number of benzene rings is 3. The molecule has 0 aliphatic rings. The molecule has 134 valence electrons. The number of halogens is 1. The molecule has 0 heterocycles. The normalized spacial score (nSPS) is 12.8. The molecule has 0 unspecified atom stereocenters. The summed E-state index contributed by atoms with van der Waals surface area (Å²) in [6, 6.07) is 30.1. The molecule has 0 bridgehead atoms. The van der Waals surface area contributed by atoms with Gasteiger partial charge in [-0.3, -0.25) is 0 Å². The van der Waals surface area contributed by atoms with Gasteiger partial charge in [0, 0.05) is 0 Å². The molecule has 0 aliphatic heterocycles. The Balaban J connectivity index is 2.51. The van der Waals surface area contributed by atoms with Crippen LogP contribution in [0.2, 0.25) is 0 Å². The minimum absolute atomic E-state index is 0.302. The Kier molecular flexibility index (Phi) is 5.46. The van der Waals surface area contributed by atoms with Crippen LogP contribution in [0.3, 0.4) is 0 Å². The van der Waals surface area contributed by atoms with E-state index in [2.05, 4.69) is 0 Å². The fraction of sp³-hybridized carbons (Fsp3) is 0.136. The molecule has 0 fully saturated rings. The molecule has 3 aromatic carbocycles. The van der Waals surface area contributed by atoms with Gasteiger partial charge in [0.05, 0.1) is 0 Å². The predicted molar refractivity (Wildman–Crippen MR) is 113 cm³/mol. The molecule has 26 heavy (non-hydrogen) atoms. The number of rotatable bonds is 6. The van der Waals surface area contributed by atoms with Crippen LogP contribution in [0.4, 0.5) is 0 Å². The van der Waals surface area contributed by atoms with Crippen LogP contribution in [0.25, 0.3) is 0 Å². The molecule has 0 amide bonds. The Morgan fingerprint density at radius 2 is 1.12 bits per heavy atom. The fourth-order valence-electron chi connectivity index (χ4n) is 3.71. The van der Waals surface area contributed by atoms with E-state index in [-0.39, 0.29) is 5.97 Å². The van der Waals surface area contributed by atoms with Crippen molar-refractivity contribution < 1.29 is 9.32 Å². The second kappa shape index (κ2) is 7.61. The van der Waals surface area contributed by atoms with Crippen molar-refractivity contribution in [1.82, 2.24) is 0 Å². The summed E-state index contributed by atoms with van der Waals surface area (Å²) in [4.78, 5) is 12.4. The zero-order valence-electron chi connectivity index (χ0n) is 14.7. The van der Waals surface area contributed by atoms with Crippen molar-refractivity contribution in [3.8, 4) is 0 Å². The third-order valence-corrected chi connectivity index (χ3v) is 11.1. The van der Waals surface area contributed by atoms with Crippen LogP contribution in [0.1, 0.15) is 6.92 Å². The van der Waals surface area contributed by atoms with E-state index in [1.165, 1.54) is 6.92 Å². The van der Waals surface area contributed by atoms with Gasteiger partial charge in [0.2, 0.25) is 0 Å². The summed E-state index contributed by atoms with van der Waals surface area (Å²) in [5, 5.41) is 3.02. The van der Waals surface area contributed by atoms with Gasteiger partial charge in [-0.1, -0.05) is 0 Å². The van der Waals surface area contributed by atoms with E-state index in [0.29, 0.717) is 12.0 Å². The first-order valence-corrected chi connectivity index (χ1v) is 11.5. The average Bonchev–Trinajstić information content (AvgIpc) is 2.69. The van der Waals surface area contributed by atoms with Gasteiger partial charge in [-0.2, -0.15) is 0 Å². The SMILES string of the molecule is CC(=O)OP(CCCl)(c1ccccc1)(c1ccccc1)c1ccccc1. The van der Waals surface area contributed by atoms with Gasteiger partial charge in [-0.05, 0) is 0 Å². The van der Waals surface area contributed by atoms with Crippen LogP contribution in [-0.4, -0.2) is 18.0 Å². The molecule has 2 nitrogen and oxygen atoms in total. The van der Waals surface area contributed by atoms with Crippen molar-refractivity contribution in [2.75, 3.05) is 12.0 Å². The zero-order valence-corrected chi connectivity index (χ0v) is 16.4. The summed E-state index contributed by atoms with van der Waals surface area (Å²) < 4.78 is 6.43. The van der Waals surface area contributed by atoms with Crippen molar-refractivity contribution >= 4 is 40.3 Å². The molecule has 0 spiro atoms. The molecule has 0 atom stereocenters. The van der Waals surface area contributed by atoms with Crippen LogP contribution in [-0.2, 0) is 9.32 Å². The Hall–Kier alpha value is -2.15. The van der Waals surface area contributed by atoms with Crippen LogP contribution < -0.4 is 15.9 Å². The topological polar surface area (TPSA) is 26.3 Å². The molecule has 0 saturated heterocycles. The van der Waals surface area contributed by atoms with E-state index in [0.717, 1.165) is 15.9 Å². The van der Waals surface area contributed by atoms with Crippen LogP contribution in [0, 0.1) is 0 Å². The van der Waals surface area contributed by atoms with Crippen molar-refractivity contribution in [3.05, 3.63) is 91.0 Å². The van der Waals surface area contributed by atoms with Crippen LogP contribution in [0.15, 0.2) is 91.0 Å². The zero-order chi connectivity index (χ0) is 18.5. The maximum absolute atomic E-state index is 12.4. The summed E-state index contributed by atoms with van der Waals surface area (Å²) in [7, 11) is 0. The number of hydrogen-bond donors (Lipinski definition) is 0. The summed E-state index contributed by atoms with van der Waals surface area (Å²) in [6.45, 7) is -2.06. The van der Waals surface area contributed by atoms with Gasteiger partial charge in [-0.25, -0.2) is 0 Å². The predicted octanol–water partition coefficient (Wildman–Crippen LogP) is 4.23. The van der Waals surface area contributed by atoms with E-state index >= 15 is 0 Å². The minimum atomic E-state index is -3.53. The first-order valence-electron chi connectivity index (χ1n) is 8.58. The quantitative estimate of drug-likeness (QED) is 0.469. The third-order valence-electron chi connectivity index (χ3n) is 4.75. The average molecular weight is 385 g/mol. The van der Waals surface area contributed by atoms with Crippen molar-refractivity contribution in [2.24, 2.45) is 0 Å². The second-order valence-corrected chi connectivity index (χ2v) is 11.2.